The summed E-state index contributed by atoms with van der Waals surface area (Å²) in [6, 6.07) is 17.7. The van der Waals surface area contributed by atoms with Gasteiger partial charge in [0.25, 0.3) is 5.91 Å². The Morgan fingerprint density at radius 1 is 0.911 bits per heavy atom. The fourth-order valence-electron chi connectivity index (χ4n) is 6.01. The standard InChI is InChI=1S/C35H44N4O6/c1-35(2,3)39-32(43)25-15-9-7-14-24(25)20-30(40)28(19-22-11-5-4-6-12-22)37-34(45)29(21-31(41)42)38-33(44)27-18-17-23-13-8-10-16-26(23)36-27/h4-6,8,10-13,16-18,24-25,28-30,40H,7,9,14-15,19-21H2,1-3H3,(H,37,45)(H,38,44)(H,39,43)(H,41,42)/t24-,25+,28-,29-,30+/m0/s1. The number of amides is 3. The molecule has 1 aromatic heterocycles. The van der Waals surface area contributed by atoms with Crippen molar-refractivity contribution in [2.75, 3.05) is 0 Å². The number of carbonyl (C=O) groups excluding carboxylic acids is 3. The van der Waals surface area contributed by atoms with E-state index in [9.17, 15) is 29.4 Å². The maximum Gasteiger partial charge on any atom is 0.305 e. The van der Waals surface area contributed by atoms with Gasteiger partial charge in [0.05, 0.1) is 24.1 Å². The molecule has 2 aromatic carbocycles. The van der Waals surface area contributed by atoms with Crippen molar-refractivity contribution in [3.05, 3.63) is 78.0 Å². The van der Waals surface area contributed by atoms with Crippen LogP contribution in [0.1, 0.15) is 75.3 Å². The summed E-state index contributed by atoms with van der Waals surface area (Å²) >= 11 is 0. The molecule has 240 valence electrons. The number of rotatable bonds is 12. The van der Waals surface area contributed by atoms with Crippen LogP contribution in [-0.4, -0.2) is 62.6 Å². The molecular formula is C35H44N4O6. The van der Waals surface area contributed by atoms with Crippen LogP contribution in [0.15, 0.2) is 66.7 Å². The first-order chi connectivity index (χ1) is 21.4. The predicted octanol–water partition coefficient (Wildman–Crippen LogP) is 4.01. The van der Waals surface area contributed by atoms with Gasteiger partial charge in [-0.1, -0.05) is 67.4 Å². The van der Waals surface area contributed by atoms with Crippen molar-refractivity contribution < 1.29 is 29.4 Å². The third kappa shape index (κ3) is 9.84. The third-order valence-electron chi connectivity index (χ3n) is 8.21. The summed E-state index contributed by atoms with van der Waals surface area (Å²) in [6.45, 7) is 5.81. The van der Waals surface area contributed by atoms with Crippen molar-refractivity contribution in [1.29, 1.82) is 0 Å². The van der Waals surface area contributed by atoms with Crippen LogP contribution in [0.3, 0.4) is 0 Å². The number of hydrogen-bond acceptors (Lipinski definition) is 6. The fraction of sp³-hybridized carbons (Fsp3) is 0.457. The summed E-state index contributed by atoms with van der Waals surface area (Å²) in [5.74, 6) is -3.05. The number of carbonyl (C=O) groups is 4. The van der Waals surface area contributed by atoms with Crippen molar-refractivity contribution in [2.24, 2.45) is 11.8 Å². The molecule has 1 fully saturated rings. The zero-order chi connectivity index (χ0) is 32.6. The molecule has 1 heterocycles. The number of para-hydroxylation sites is 1. The highest BCUT2D eigenvalue weighted by Crippen LogP contribution is 2.34. The Balaban J connectivity index is 1.52. The Kier molecular flexibility index (Phi) is 11.3. The van der Waals surface area contributed by atoms with E-state index in [1.54, 1.807) is 18.2 Å². The van der Waals surface area contributed by atoms with E-state index in [0.29, 0.717) is 5.52 Å². The van der Waals surface area contributed by atoms with Crippen LogP contribution in [0.4, 0.5) is 0 Å². The number of pyridine rings is 1. The molecule has 0 saturated heterocycles. The zero-order valence-electron chi connectivity index (χ0n) is 26.2. The van der Waals surface area contributed by atoms with E-state index in [1.165, 1.54) is 6.07 Å². The minimum absolute atomic E-state index is 0.0328. The van der Waals surface area contributed by atoms with E-state index in [-0.39, 0.29) is 41.8 Å². The molecule has 5 atom stereocenters. The monoisotopic (exact) mass is 616 g/mol. The van der Waals surface area contributed by atoms with Crippen LogP contribution in [0.2, 0.25) is 0 Å². The predicted molar refractivity (Wildman–Crippen MR) is 171 cm³/mol. The Bertz CT molecular complexity index is 1490. The van der Waals surface area contributed by atoms with Gasteiger partial charge in [-0.15, -0.1) is 0 Å². The molecule has 0 radical (unpaired) electrons. The molecule has 45 heavy (non-hydrogen) atoms. The van der Waals surface area contributed by atoms with E-state index >= 15 is 0 Å². The second-order valence-corrected chi connectivity index (χ2v) is 13.0. The molecule has 4 rings (SSSR count). The highest BCUT2D eigenvalue weighted by atomic mass is 16.4. The van der Waals surface area contributed by atoms with Crippen molar-refractivity contribution in [2.45, 2.75) is 89.4 Å². The van der Waals surface area contributed by atoms with E-state index in [1.807, 2.05) is 63.2 Å². The quantitative estimate of drug-likeness (QED) is 0.206. The molecule has 5 N–H and O–H groups in total. The normalized spacial score (nSPS) is 18.8. The first kappa shape index (κ1) is 33.6. The van der Waals surface area contributed by atoms with Crippen LogP contribution >= 0.6 is 0 Å². The summed E-state index contributed by atoms with van der Waals surface area (Å²) < 4.78 is 0. The van der Waals surface area contributed by atoms with Crippen LogP contribution in [0.5, 0.6) is 0 Å². The van der Waals surface area contributed by atoms with Crippen LogP contribution in [-0.2, 0) is 20.8 Å². The maximum absolute atomic E-state index is 13.6. The molecule has 0 bridgehead atoms. The number of carboxylic acids is 1. The lowest BCUT2D eigenvalue weighted by molar-refractivity contribution is -0.140. The van der Waals surface area contributed by atoms with Gasteiger partial charge in [0, 0.05) is 16.8 Å². The molecular weight excluding hydrogens is 572 g/mol. The minimum Gasteiger partial charge on any atom is -0.481 e. The van der Waals surface area contributed by atoms with E-state index in [4.69, 9.17) is 0 Å². The SMILES string of the molecule is CC(C)(C)NC(=O)[C@@H]1CCCC[C@H]1C[C@@H](O)[C@H](Cc1ccccc1)NC(=O)[C@H](CC(=O)O)NC(=O)c1ccc2ccccc2n1. The summed E-state index contributed by atoms with van der Waals surface area (Å²) in [7, 11) is 0. The molecule has 3 aromatic rings. The van der Waals surface area contributed by atoms with Gasteiger partial charge in [0.1, 0.15) is 11.7 Å². The molecule has 1 aliphatic carbocycles. The topological polar surface area (TPSA) is 158 Å². The average molecular weight is 617 g/mol. The average Bonchev–Trinajstić information content (AvgIpc) is 2.99. The summed E-state index contributed by atoms with van der Waals surface area (Å²) in [5.41, 5.74) is 1.13. The van der Waals surface area contributed by atoms with Gasteiger partial charge in [0.2, 0.25) is 11.8 Å². The van der Waals surface area contributed by atoms with Gasteiger partial charge in [-0.25, -0.2) is 4.98 Å². The van der Waals surface area contributed by atoms with Gasteiger partial charge < -0.3 is 26.2 Å². The summed E-state index contributed by atoms with van der Waals surface area (Å²) in [5, 5.41) is 30.4. The number of aromatic nitrogens is 1. The van der Waals surface area contributed by atoms with Crippen molar-refractivity contribution >= 4 is 34.6 Å². The highest BCUT2D eigenvalue weighted by molar-refractivity contribution is 5.98. The number of carboxylic acid groups (broad SMARTS) is 1. The lowest BCUT2D eigenvalue weighted by Gasteiger charge is -2.36. The molecule has 10 heteroatoms. The van der Waals surface area contributed by atoms with Gasteiger partial charge in [-0.05, 0) is 70.1 Å². The molecule has 1 saturated carbocycles. The van der Waals surface area contributed by atoms with Crippen LogP contribution in [0, 0.1) is 11.8 Å². The number of fused-ring (bicyclic) bond motifs is 1. The van der Waals surface area contributed by atoms with Crippen LogP contribution < -0.4 is 16.0 Å². The summed E-state index contributed by atoms with van der Waals surface area (Å²) in [6.07, 6.45) is 2.27. The molecule has 0 aliphatic heterocycles. The first-order valence-electron chi connectivity index (χ1n) is 15.6. The molecule has 0 unspecified atom stereocenters. The Hall–Kier alpha value is -4.31. The van der Waals surface area contributed by atoms with E-state index in [0.717, 1.165) is 36.6 Å². The first-order valence-corrected chi connectivity index (χ1v) is 15.6. The number of nitrogens with one attached hydrogen (secondary N) is 3. The van der Waals surface area contributed by atoms with Crippen LogP contribution in [0.25, 0.3) is 10.9 Å². The molecule has 3 amide bonds. The molecule has 0 spiro atoms. The van der Waals surface area contributed by atoms with Gasteiger partial charge in [-0.3, -0.25) is 19.2 Å². The van der Waals surface area contributed by atoms with Gasteiger partial charge >= 0.3 is 5.97 Å². The number of aliphatic carboxylic acids is 1. The highest BCUT2D eigenvalue weighted by Gasteiger charge is 2.36. The van der Waals surface area contributed by atoms with Crippen molar-refractivity contribution in [3.8, 4) is 0 Å². The lowest BCUT2D eigenvalue weighted by atomic mass is 9.74. The summed E-state index contributed by atoms with van der Waals surface area (Å²) in [4.78, 5) is 56.0. The van der Waals surface area contributed by atoms with Gasteiger partial charge in [-0.2, -0.15) is 0 Å². The number of benzene rings is 2. The largest absolute Gasteiger partial charge is 0.481 e. The Labute approximate surface area is 264 Å². The molecule has 1 aliphatic rings. The molecule has 10 nitrogen and oxygen atoms in total. The number of aliphatic hydroxyl groups is 1. The smallest absolute Gasteiger partial charge is 0.305 e. The number of hydrogen-bond donors (Lipinski definition) is 5. The second kappa shape index (κ2) is 15.1. The maximum atomic E-state index is 13.6. The van der Waals surface area contributed by atoms with E-state index in [2.05, 4.69) is 20.9 Å². The van der Waals surface area contributed by atoms with Crippen molar-refractivity contribution in [3.63, 3.8) is 0 Å². The van der Waals surface area contributed by atoms with Crippen molar-refractivity contribution in [1.82, 2.24) is 20.9 Å². The Morgan fingerprint density at radius 3 is 2.31 bits per heavy atom. The Morgan fingerprint density at radius 2 is 1.60 bits per heavy atom. The second-order valence-electron chi connectivity index (χ2n) is 13.0. The third-order valence-corrected chi connectivity index (χ3v) is 8.21. The number of nitrogens with zero attached hydrogens (tertiary/aromatic N) is 1. The minimum atomic E-state index is -1.41. The van der Waals surface area contributed by atoms with E-state index < -0.39 is 42.4 Å². The lowest BCUT2D eigenvalue weighted by Crippen LogP contribution is -2.54. The number of aliphatic hydroxyl groups excluding tert-OH is 1. The zero-order valence-corrected chi connectivity index (χ0v) is 26.2. The fourth-order valence-corrected chi connectivity index (χ4v) is 6.01. The van der Waals surface area contributed by atoms with Gasteiger partial charge in [0.15, 0.2) is 0 Å².